The number of hydrogen-bond acceptors (Lipinski definition) is 6. The van der Waals surface area contributed by atoms with Gasteiger partial charge in [0.1, 0.15) is 29.0 Å². The van der Waals surface area contributed by atoms with Gasteiger partial charge in [-0.2, -0.15) is 0 Å². The van der Waals surface area contributed by atoms with Crippen molar-refractivity contribution in [1.29, 1.82) is 0 Å². The van der Waals surface area contributed by atoms with E-state index < -0.39 is 17.7 Å². The Balaban J connectivity index is 1.55. The highest BCUT2D eigenvalue weighted by molar-refractivity contribution is 7.10. The van der Waals surface area contributed by atoms with Crippen molar-refractivity contribution in [3.8, 4) is 17.2 Å². The molecule has 1 N–H and O–H groups in total. The number of amides is 1. The zero-order chi connectivity index (χ0) is 25.1. The molecule has 180 valence electrons. The molecule has 7 heteroatoms. The van der Waals surface area contributed by atoms with Crippen LogP contribution in [0.4, 0.5) is 5.69 Å². The SMILES string of the molecule is CCOc1cccc(/C(O)=C2/C(=O)C(=O)N(c3ccc(Oc4ccccc4)cc3)C2c2cccs2)c1. The standard InChI is InChI=1S/C29H23NO5S/c1-2-34-23-11-6-8-19(18-23)27(31)25-26(24-12-7-17-36-24)30(29(33)28(25)32)20-13-15-22(16-14-20)35-21-9-4-3-5-10-21/h3-18,26,31H,2H2,1H3/b27-25-. The molecule has 1 aromatic heterocycles. The summed E-state index contributed by atoms with van der Waals surface area (Å²) in [4.78, 5) is 28.7. The lowest BCUT2D eigenvalue weighted by molar-refractivity contribution is -0.132. The lowest BCUT2D eigenvalue weighted by Crippen LogP contribution is -2.29. The Morgan fingerprint density at radius 1 is 0.889 bits per heavy atom. The number of ketones is 1. The van der Waals surface area contributed by atoms with E-state index in [9.17, 15) is 14.7 Å². The summed E-state index contributed by atoms with van der Waals surface area (Å²) in [6.45, 7) is 2.33. The summed E-state index contributed by atoms with van der Waals surface area (Å²) in [6.07, 6.45) is 0. The van der Waals surface area contributed by atoms with Crippen LogP contribution in [0.25, 0.3) is 5.76 Å². The smallest absolute Gasteiger partial charge is 0.300 e. The van der Waals surface area contributed by atoms with Crippen molar-refractivity contribution in [3.05, 3.63) is 112 Å². The van der Waals surface area contributed by atoms with Gasteiger partial charge in [-0.1, -0.05) is 36.4 Å². The molecular weight excluding hydrogens is 474 g/mol. The molecule has 0 spiro atoms. The Hall–Kier alpha value is -4.36. The molecule has 0 radical (unpaired) electrons. The van der Waals surface area contributed by atoms with Crippen molar-refractivity contribution in [2.75, 3.05) is 11.5 Å². The highest BCUT2D eigenvalue weighted by atomic mass is 32.1. The van der Waals surface area contributed by atoms with Crippen molar-refractivity contribution in [2.45, 2.75) is 13.0 Å². The third kappa shape index (κ3) is 4.48. The van der Waals surface area contributed by atoms with Gasteiger partial charge in [-0.05, 0) is 66.9 Å². The number of Topliss-reactive ketones (excluding diaryl/α,β-unsaturated/α-hetero) is 1. The zero-order valence-electron chi connectivity index (χ0n) is 19.5. The Kier molecular flexibility index (Phi) is 6.56. The molecule has 1 saturated heterocycles. The maximum Gasteiger partial charge on any atom is 0.300 e. The number of aliphatic hydroxyl groups is 1. The number of nitrogens with zero attached hydrogens (tertiary/aromatic N) is 1. The number of carbonyl (C=O) groups excluding carboxylic acids is 2. The molecule has 3 aromatic carbocycles. The minimum atomic E-state index is -0.762. The Morgan fingerprint density at radius 3 is 2.31 bits per heavy atom. The first-order valence-corrected chi connectivity index (χ1v) is 12.4. The van der Waals surface area contributed by atoms with Crippen LogP contribution in [-0.2, 0) is 9.59 Å². The summed E-state index contributed by atoms with van der Waals surface area (Å²) in [5.74, 6) is 0.183. The normalized spacial score (nSPS) is 16.8. The molecule has 4 aromatic rings. The van der Waals surface area contributed by atoms with Gasteiger partial charge in [-0.15, -0.1) is 11.3 Å². The summed E-state index contributed by atoms with van der Waals surface area (Å²) in [7, 11) is 0. The van der Waals surface area contributed by atoms with Crippen LogP contribution in [-0.4, -0.2) is 23.4 Å². The lowest BCUT2D eigenvalue weighted by Gasteiger charge is -2.24. The number of thiophene rings is 1. The van der Waals surface area contributed by atoms with Gasteiger partial charge in [0.05, 0.1) is 12.2 Å². The first kappa shape index (κ1) is 23.4. The third-order valence-electron chi connectivity index (χ3n) is 5.77. The van der Waals surface area contributed by atoms with Crippen molar-refractivity contribution in [3.63, 3.8) is 0 Å². The molecule has 6 nitrogen and oxygen atoms in total. The molecule has 0 aliphatic carbocycles. The summed E-state index contributed by atoms with van der Waals surface area (Å²) in [5.41, 5.74) is 0.978. The van der Waals surface area contributed by atoms with Crippen LogP contribution in [0.1, 0.15) is 23.4 Å². The van der Waals surface area contributed by atoms with Crippen LogP contribution >= 0.6 is 11.3 Å². The molecule has 0 bridgehead atoms. The fraction of sp³-hybridized carbons (Fsp3) is 0.103. The Morgan fingerprint density at radius 2 is 1.61 bits per heavy atom. The third-order valence-corrected chi connectivity index (χ3v) is 6.69. The van der Waals surface area contributed by atoms with Crippen LogP contribution in [0.3, 0.4) is 0 Å². The predicted molar refractivity (Wildman–Crippen MR) is 140 cm³/mol. The van der Waals surface area contributed by atoms with E-state index in [1.54, 1.807) is 48.5 Å². The van der Waals surface area contributed by atoms with Crippen LogP contribution in [0.2, 0.25) is 0 Å². The minimum Gasteiger partial charge on any atom is -0.507 e. The Labute approximate surface area is 212 Å². The molecule has 1 aliphatic heterocycles. The van der Waals surface area contributed by atoms with Gasteiger partial charge >= 0.3 is 0 Å². The molecule has 1 atom stereocenters. The molecule has 1 aliphatic rings. The second-order valence-corrected chi connectivity index (χ2v) is 9.03. The summed E-state index contributed by atoms with van der Waals surface area (Å²) >= 11 is 1.41. The largest absolute Gasteiger partial charge is 0.507 e. The maximum atomic E-state index is 13.3. The molecule has 1 fully saturated rings. The minimum absolute atomic E-state index is 0.0423. The number of rotatable bonds is 7. The highest BCUT2D eigenvalue weighted by Crippen LogP contribution is 2.44. The van der Waals surface area contributed by atoms with Crippen molar-refractivity contribution in [2.24, 2.45) is 0 Å². The van der Waals surface area contributed by atoms with Gasteiger partial charge < -0.3 is 14.6 Å². The van der Waals surface area contributed by atoms with E-state index in [4.69, 9.17) is 9.47 Å². The molecule has 36 heavy (non-hydrogen) atoms. The van der Waals surface area contributed by atoms with Crippen molar-refractivity contribution >= 4 is 34.5 Å². The van der Waals surface area contributed by atoms with Gasteiger partial charge in [-0.25, -0.2) is 0 Å². The Bertz CT molecular complexity index is 1410. The highest BCUT2D eigenvalue weighted by Gasteiger charge is 2.47. The number of ether oxygens (including phenoxy) is 2. The predicted octanol–water partition coefficient (Wildman–Crippen LogP) is 6.57. The fourth-order valence-electron chi connectivity index (χ4n) is 4.17. The molecule has 1 amide bonds. The molecule has 0 saturated carbocycles. The topological polar surface area (TPSA) is 76.1 Å². The van der Waals surface area contributed by atoms with E-state index in [0.29, 0.717) is 35.1 Å². The van der Waals surface area contributed by atoms with E-state index in [1.165, 1.54) is 16.2 Å². The van der Waals surface area contributed by atoms with Crippen molar-refractivity contribution in [1.82, 2.24) is 0 Å². The van der Waals surface area contributed by atoms with Gasteiger partial charge in [0.25, 0.3) is 11.7 Å². The molecule has 1 unspecified atom stereocenters. The zero-order valence-corrected chi connectivity index (χ0v) is 20.3. The van der Waals surface area contributed by atoms with E-state index in [-0.39, 0.29) is 11.3 Å². The number of anilines is 1. The molecular formula is C29H23NO5S. The van der Waals surface area contributed by atoms with E-state index >= 15 is 0 Å². The summed E-state index contributed by atoms with van der Waals surface area (Å²) in [5, 5.41) is 13.1. The molecule has 2 heterocycles. The first-order chi connectivity index (χ1) is 17.6. The second kappa shape index (κ2) is 10.1. The van der Waals surface area contributed by atoms with Crippen LogP contribution in [0, 0.1) is 0 Å². The van der Waals surface area contributed by atoms with E-state index in [2.05, 4.69) is 0 Å². The van der Waals surface area contributed by atoms with Gasteiger partial charge in [0.2, 0.25) is 0 Å². The van der Waals surface area contributed by atoms with E-state index in [1.807, 2.05) is 54.8 Å². The quantitative estimate of drug-likeness (QED) is 0.178. The number of hydrogen-bond donors (Lipinski definition) is 1. The van der Waals surface area contributed by atoms with Gasteiger partial charge in [-0.3, -0.25) is 14.5 Å². The summed E-state index contributed by atoms with van der Waals surface area (Å²) < 4.78 is 11.4. The lowest BCUT2D eigenvalue weighted by atomic mass is 9.99. The van der Waals surface area contributed by atoms with Gasteiger partial charge in [0.15, 0.2) is 0 Å². The van der Waals surface area contributed by atoms with Gasteiger partial charge in [0, 0.05) is 16.1 Å². The first-order valence-electron chi connectivity index (χ1n) is 11.5. The number of aliphatic hydroxyl groups excluding tert-OH is 1. The van der Waals surface area contributed by atoms with E-state index in [0.717, 1.165) is 4.88 Å². The van der Waals surface area contributed by atoms with Crippen LogP contribution in [0.15, 0.2) is 102 Å². The number of benzene rings is 3. The van der Waals surface area contributed by atoms with Crippen LogP contribution < -0.4 is 14.4 Å². The molecule has 5 rings (SSSR count). The average Bonchev–Trinajstić information content (AvgIpc) is 3.52. The maximum absolute atomic E-state index is 13.3. The second-order valence-electron chi connectivity index (χ2n) is 8.05. The number of para-hydroxylation sites is 1. The van der Waals surface area contributed by atoms with Crippen LogP contribution in [0.5, 0.6) is 17.2 Å². The fourth-order valence-corrected chi connectivity index (χ4v) is 4.99. The summed E-state index contributed by atoms with van der Waals surface area (Å²) in [6, 6.07) is 26.1. The average molecular weight is 498 g/mol. The number of carbonyl (C=O) groups is 2. The van der Waals surface area contributed by atoms with Crippen molar-refractivity contribution < 1.29 is 24.2 Å². The monoisotopic (exact) mass is 497 g/mol.